The zero-order chi connectivity index (χ0) is 15.1. The summed E-state index contributed by atoms with van der Waals surface area (Å²) in [4.78, 5) is 10.2. The van der Waals surface area contributed by atoms with E-state index in [1.54, 1.807) is 12.1 Å². The average molecular weight is 290 g/mol. The van der Waals surface area contributed by atoms with Crippen molar-refractivity contribution in [1.29, 1.82) is 0 Å². The zero-order valence-electron chi connectivity index (χ0n) is 13.0. The molecule has 116 valence electrons. The molecule has 2 aromatic rings. The standard InChI is InChI=1S/C16H26N4O/c1-3-20(4-2)11-5-9-17-10-8-16-18-14-7-6-13(21)12-15(14)19-16/h6-7,12,17,21H,3-5,8-11H2,1-2H3,(H,18,19). The van der Waals surface area contributed by atoms with Gasteiger partial charge in [-0.1, -0.05) is 13.8 Å². The lowest BCUT2D eigenvalue weighted by atomic mass is 10.3. The quantitative estimate of drug-likeness (QED) is 0.619. The van der Waals surface area contributed by atoms with E-state index in [0.717, 1.165) is 56.0 Å². The second-order valence-electron chi connectivity index (χ2n) is 5.27. The van der Waals surface area contributed by atoms with E-state index in [1.165, 1.54) is 6.42 Å². The number of aromatic amines is 1. The highest BCUT2D eigenvalue weighted by molar-refractivity contribution is 5.76. The van der Waals surface area contributed by atoms with Gasteiger partial charge in [-0.3, -0.25) is 0 Å². The van der Waals surface area contributed by atoms with Crippen molar-refractivity contribution >= 4 is 11.0 Å². The van der Waals surface area contributed by atoms with E-state index < -0.39 is 0 Å². The third-order valence-corrected chi connectivity index (χ3v) is 3.78. The fourth-order valence-electron chi connectivity index (χ4n) is 2.47. The number of phenolic OH excluding ortho intramolecular Hbond substituents is 1. The van der Waals surface area contributed by atoms with E-state index in [2.05, 4.69) is 34.0 Å². The predicted molar refractivity (Wildman–Crippen MR) is 86.7 cm³/mol. The second-order valence-corrected chi connectivity index (χ2v) is 5.27. The highest BCUT2D eigenvalue weighted by Crippen LogP contribution is 2.17. The number of H-pyrrole nitrogens is 1. The lowest BCUT2D eigenvalue weighted by molar-refractivity contribution is 0.298. The van der Waals surface area contributed by atoms with Gasteiger partial charge in [0.2, 0.25) is 0 Å². The monoisotopic (exact) mass is 290 g/mol. The molecule has 1 aromatic heterocycles. The third kappa shape index (κ3) is 4.72. The van der Waals surface area contributed by atoms with Crippen LogP contribution in [-0.2, 0) is 6.42 Å². The molecule has 5 nitrogen and oxygen atoms in total. The fourth-order valence-corrected chi connectivity index (χ4v) is 2.47. The van der Waals surface area contributed by atoms with Gasteiger partial charge in [0.05, 0.1) is 11.0 Å². The first-order valence-electron chi connectivity index (χ1n) is 7.83. The average Bonchev–Trinajstić information content (AvgIpc) is 2.88. The smallest absolute Gasteiger partial charge is 0.117 e. The number of benzene rings is 1. The number of nitrogens with zero attached hydrogens (tertiary/aromatic N) is 2. The largest absolute Gasteiger partial charge is 0.508 e. The van der Waals surface area contributed by atoms with Crippen LogP contribution in [0.5, 0.6) is 5.75 Å². The van der Waals surface area contributed by atoms with Crippen LogP contribution in [-0.4, -0.2) is 52.7 Å². The van der Waals surface area contributed by atoms with Crippen LogP contribution in [0.1, 0.15) is 26.1 Å². The molecule has 0 radical (unpaired) electrons. The van der Waals surface area contributed by atoms with Crippen molar-refractivity contribution < 1.29 is 5.11 Å². The van der Waals surface area contributed by atoms with E-state index in [0.29, 0.717) is 0 Å². The number of imidazole rings is 1. The molecule has 5 heteroatoms. The lowest BCUT2D eigenvalue weighted by Gasteiger charge is -2.17. The van der Waals surface area contributed by atoms with Crippen molar-refractivity contribution in [1.82, 2.24) is 20.2 Å². The summed E-state index contributed by atoms with van der Waals surface area (Å²) in [5, 5.41) is 12.9. The summed E-state index contributed by atoms with van der Waals surface area (Å²) in [6.07, 6.45) is 2.05. The van der Waals surface area contributed by atoms with E-state index in [9.17, 15) is 5.11 Å². The van der Waals surface area contributed by atoms with E-state index in [4.69, 9.17) is 0 Å². The van der Waals surface area contributed by atoms with Crippen molar-refractivity contribution in [3.63, 3.8) is 0 Å². The maximum Gasteiger partial charge on any atom is 0.117 e. The summed E-state index contributed by atoms with van der Waals surface area (Å²) in [6, 6.07) is 5.21. The maximum absolute atomic E-state index is 9.43. The molecule has 1 heterocycles. The number of aromatic nitrogens is 2. The lowest BCUT2D eigenvalue weighted by Crippen LogP contribution is -2.27. The summed E-state index contributed by atoms with van der Waals surface area (Å²) in [6.45, 7) is 9.78. The molecule has 0 unspecified atom stereocenters. The summed E-state index contributed by atoms with van der Waals surface area (Å²) in [5.41, 5.74) is 1.80. The van der Waals surface area contributed by atoms with Gasteiger partial charge in [-0.05, 0) is 44.7 Å². The van der Waals surface area contributed by atoms with Gasteiger partial charge in [-0.15, -0.1) is 0 Å². The van der Waals surface area contributed by atoms with Crippen LogP contribution in [0.2, 0.25) is 0 Å². The molecule has 0 aliphatic rings. The molecular formula is C16H26N4O. The topological polar surface area (TPSA) is 64.2 Å². The van der Waals surface area contributed by atoms with E-state index in [1.807, 2.05) is 6.07 Å². The van der Waals surface area contributed by atoms with E-state index in [-0.39, 0.29) is 5.75 Å². The van der Waals surface area contributed by atoms with Crippen LogP contribution in [0, 0.1) is 0 Å². The first-order chi connectivity index (χ1) is 10.2. The number of nitrogens with one attached hydrogen (secondary N) is 2. The number of hydrogen-bond donors (Lipinski definition) is 3. The molecule has 1 aromatic carbocycles. The third-order valence-electron chi connectivity index (χ3n) is 3.78. The van der Waals surface area contributed by atoms with Crippen LogP contribution in [0.4, 0.5) is 0 Å². The second kappa shape index (κ2) is 8.00. The Kier molecular flexibility index (Phi) is 6.02. The molecule has 0 saturated carbocycles. The summed E-state index contributed by atoms with van der Waals surface area (Å²) < 4.78 is 0. The van der Waals surface area contributed by atoms with Crippen molar-refractivity contribution in [2.75, 3.05) is 32.7 Å². The van der Waals surface area contributed by atoms with Gasteiger partial charge in [-0.2, -0.15) is 0 Å². The molecule has 0 aliphatic heterocycles. The van der Waals surface area contributed by atoms with Crippen LogP contribution in [0.15, 0.2) is 18.2 Å². The molecule has 2 rings (SSSR count). The highest BCUT2D eigenvalue weighted by Gasteiger charge is 2.03. The van der Waals surface area contributed by atoms with Crippen LogP contribution in [0.25, 0.3) is 11.0 Å². The first-order valence-corrected chi connectivity index (χ1v) is 7.83. The number of hydrogen-bond acceptors (Lipinski definition) is 4. The molecule has 0 spiro atoms. The molecular weight excluding hydrogens is 264 g/mol. The molecule has 0 aliphatic carbocycles. The van der Waals surface area contributed by atoms with Gasteiger partial charge in [0.1, 0.15) is 11.6 Å². The molecule has 21 heavy (non-hydrogen) atoms. The molecule has 0 amide bonds. The number of rotatable bonds is 9. The van der Waals surface area contributed by atoms with Gasteiger partial charge >= 0.3 is 0 Å². The Labute approximate surface area is 126 Å². The predicted octanol–water partition coefficient (Wildman–Crippen LogP) is 2.13. The summed E-state index contributed by atoms with van der Waals surface area (Å²) in [5.74, 6) is 1.24. The fraction of sp³-hybridized carbons (Fsp3) is 0.562. The van der Waals surface area contributed by atoms with Crippen LogP contribution in [0.3, 0.4) is 0 Å². The van der Waals surface area contributed by atoms with Crippen molar-refractivity contribution in [3.05, 3.63) is 24.0 Å². The summed E-state index contributed by atoms with van der Waals surface area (Å²) in [7, 11) is 0. The van der Waals surface area contributed by atoms with Gasteiger partial charge < -0.3 is 20.3 Å². The molecule has 0 bridgehead atoms. The van der Waals surface area contributed by atoms with Gasteiger partial charge in [0.15, 0.2) is 0 Å². The van der Waals surface area contributed by atoms with Gasteiger partial charge in [0, 0.05) is 19.0 Å². The van der Waals surface area contributed by atoms with Crippen molar-refractivity contribution in [2.45, 2.75) is 26.7 Å². The van der Waals surface area contributed by atoms with Crippen molar-refractivity contribution in [2.24, 2.45) is 0 Å². The molecule has 0 saturated heterocycles. The Morgan fingerprint density at radius 2 is 2.05 bits per heavy atom. The molecule has 0 atom stereocenters. The van der Waals surface area contributed by atoms with Crippen molar-refractivity contribution in [3.8, 4) is 5.75 Å². The normalized spacial score (nSPS) is 11.6. The van der Waals surface area contributed by atoms with Crippen LogP contribution < -0.4 is 5.32 Å². The maximum atomic E-state index is 9.43. The molecule has 0 fully saturated rings. The Bertz CT molecular complexity index is 548. The Hall–Kier alpha value is -1.59. The van der Waals surface area contributed by atoms with Gasteiger partial charge in [0.25, 0.3) is 0 Å². The Morgan fingerprint density at radius 1 is 1.24 bits per heavy atom. The minimum Gasteiger partial charge on any atom is -0.508 e. The number of aromatic hydroxyl groups is 1. The van der Waals surface area contributed by atoms with Gasteiger partial charge in [-0.25, -0.2) is 4.98 Å². The number of phenols is 1. The SMILES string of the molecule is CCN(CC)CCCNCCc1nc2ccc(O)cc2[nH]1. The van der Waals surface area contributed by atoms with E-state index >= 15 is 0 Å². The highest BCUT2D eigenvalue weighted by atomic mass is 16.3. The number of fused-ring (bicyclic) bond motifs is 1. The molecule has 3 N–H and O–H groups in total. The first kappa shape index (κ1) is 15.8. The minimum absolute atomic E-state index is 0.271. The Morgan fingerprint density at radius 3 is 2.81 bits per heavy atom. The minimum atomic E-state index is 0.271. The van der Waals surface area contributed by atoms with Crippen LogP contribution >= 0.6 is 0 Å². The Balaban J connectivity index is 1.68. The summed E-state index contributed by atoms with van der Waals surface area (Å²) >= 11 is 0. The zero-order valence-corrected chi connectivity index (χ0v) is 13.0.